The number of rotatable bonds is 7. The molecule has 0 heterocycles. The molecule has 0 aliphatic rings. The topological polar surface area (TPSA) is 44.5 Å². The van der Waals surface area contributed by atoms with Crippen molar-refractivity contribution in [2.24, 2.45) is 5.73 Å². The summed E-state index contributed by atoms with van der Waals surface area (Å²) in [5, 5.41) is 0.482. The van der Waals surface area contributed by atoms with E-state index in [-0.39, 0.29) is 11.9 Å². The van der Waals surface area contributed by atoms with Crippen molar-refractivity contribution < 1.29 is 13.9 Å². The Morgan fingerprint density at radius 2 is 2.12 bits per heavy atom. The molecule has 0 aliphatic carbocycles. The fourth-order valence-electron chi connectivity index (χ4n) is 1.41. The number of halogens is 2. The molecule has 1 aromatic carbocycles. The number of hydrogen-bond donors (Lipinski definition) is 1. The molecule has 0 fully saturated rings. The Morgan fingerprint density at radius 3 is 2.82 bits per heavy atom. The lowest BCUT2D eigenvalue weighted by molar-refractivity contribution is 0.0672. The molecule has 0 bridgehead atoms. The maximum Gasteiger partial charge on any atom is 0.123 e. The summed E-state index contributed by atoms with van der Waals surface area (Å²) < 4.78 is 23.2. The van der Waals surface area contributed by atoms with Gasteiger partial charge in [0.2, 0.25) is 0 Å². The van der Waals surface area contributed by atoms with E-state index in [1.54, 1.807) is 7.11 Å². The summed E-state index contributed by atoms with van der Waals surface area (Å²) in [6.07, 6.45) is 0.590. The van der Waals surface area contributed by atoms with Crippen LogP contribution in [0.25, 0.3) is 0 Å². The summed E-state index contributed by atoms with van der Waals surface area (Å²) in [7, 11) is 1.61. The molecule has 1 aromatic rings. The standard InChI is InChI=1S/C12H17ClFNO2/c1-16-6-7-17-5-4-12(15)10-8-9(14)2-3-11(10)13/h2-3,8,12H,4-7,15H2,1H3. The number of hydrogen-bond acceptors (Lipinski definition) is 3. The third kappa shape index (κ3) is 5.00. The molecule has 0 spiro atoms. The van der Waals surface area contributed by atoms with Gasteiger partial charge in [-0.2, -0.15) is 0 Å². The zero-order valence-corrected chi connectivity index (χ0v) is 10.5. The van der Waals surface area contributed by atoms with Crippen LogP contribution in [0.4, 0.5) is 4.39 Å². The van der Waals surface area contributed by atoms with Gasteiger partial charge in [-0.3, -0.25) is 0 Å². The van der Waals surface area contributed by atoms with Crippen molar-refractivity contribution in [3.63, 3.8) is 0 Å². The second-order valence-corrected chi connectivity index (χ2v) is 4.07. The lowest BCUT2D eigenvalue weighted by atomic mass is 10.1. The molecular formula is C12H17ClFNO2. The van der Waals surface area contributed by atoms with Crippen LogP contribution in [0.5, 0.6) is 0 Å². The smallest absolute Gasteiger partial charge is 0.123 e. The Hall–Kier alpha value is -0.680. The molecule has 17 heavy (non-hydrogen) atoms. The number of benzene rings is 1. The maximum absolute atomic E-state index is 13.0. The van der Waals surface area contributed by atoms with Crippen LogP contribution in [0.2, 0.25) is 5.02 Å². The van der Waals surface area contributed by atoms with E-state index >= 15 is 0 Å². The first-order valence-corrected chi connectivity index (χ1v) is 5.80. The second-order valence-electron chi connectivity index (χ2n) is 3.67. The van der Waals surface area contributed by atoms with Gasteiger partial charge in [-0.25, -0.2) is 4.39 Å². The van der Waals surface area contributed by atoms with Gasteiger partial charge >= 0.3 is 0 Å². The fraction of sp³-hybridized carbons (Fsp3) is 0.500. The van der Waals surface area contributed by atoms with Crippen molar-refractivity contribution in [1.29, 1.82) is 0 Å². The molecule has 0 amide bonds. The summed E-state index contributed by atoms with van der Waals surface area (Å²) in [5.74, 6) is -0.333. The highest BCUT2D eigenvalue weighted by molar-refractivity contribution is 6.31. The van der Waals surface area contributed by atoms with E-state index in [9.17, 15) is 4.39 Å². The van der Waals surface area contributed by atoms with Gasteiger partial charge in [0.1, 0.15) is 5.82 Å². The van der Waals surface area contributed by atoms with Gasteiger partial charge in [0.05, 0.1) is 13.2 Å². The zero-order valence-electron chi connectivity index (χ0n) is 9.79. The van der Waals surface area contributed by atoms with Crippen LogP contribution in [0.3, 0.4) is 0 Å². The van der Waals surface area contributed by atoms with E-state index in [1.807, 2.05) is 0 Å². The molecule has 0 aliphatic heterocycles. The molecule has 0 radical (unpaired) electrons. The summed E-state index contributed by atoms with van der Waals surface area (Å²) >= 11 is 5.95. The second kappa shape index (κ2) is 7.61. The average Bonchev–Trinajstić information content (AvgIpc) is 2.32. The first-order chi connectivity index (χ1) is 8.15. The van der Waals surface area contributed by atoms with Gasteiger partial charge in [-0.05, 0) is 30.2 Å². The minimum Gasteiger partial charge on any atom is -0.382 e. The molecule has 0 saturated carbocycles. The number of methoxy groups -OCH3 is 1. The Labute approximate surface area is 106 Å². The minimum absolute atomic E-state index is 0.319. The quantitative estimate of drug-likeness (QED) is 0.767. The molecular weight excluding hydrogens is 245 g/mol. The van der Waals surface area contributed by atoms with Gasteiger partial charge in [-0.1, -0.05) is 11.6 Å². The zero-order chi connectivity index (χ0) is 12.7. The number of ether oxygens (including phenoxy) is 2. The van der Waals surface area contributed by atoms with Crippen molar-refractivity contribution in [3.05, 3.63) is 34.6 Å². The first-order valence-electron chi connectivity index (χ1n) is 5.42. The average molecular weight is 262 g/mol. The highest BCUT2D eigenvalue weighted by Crippen LogP contribution is 2.24. The predicted molar refractivity (Wildman–Crippen MR) is 65.7 cm³/mol. The van der Waals surface area contributed by atoms with Crippen LogP contribution >= 0.6 is 11.6 Å². The van der Waals surface area contributed by atoms with Gasteiger partial charge < -0.3 is 15.2 Å². The summed E-state index contributed by atoms with van der Waals surface area (Å²) in [6.45, 7) is 1.58. The molecule has 1 unspecified atom stereocenters. The molecule has 5 heteroatoms. The van der Waals surface area contributed by atoms with Crippen molar-refractivity contribution in [2.75, 3.05) is 26.9 Å². The molecule has 1 atom stereocenters. The van der Waals surface area contributed by atoms with Crippen molar-refractivity contribution in [2.45, 2.75) is 12.5 Å². The van der Waals surface area contributed by atoms with Crippen LogP contribution in [0.1, 0.15) is 18.0 Å². The van der Waals surface area contributed by atoms with E-state index < -0.39 is 0 Å². The van der Waals surface area contributed by atoms with Gasteiger partial charge in [0.15, 0.2) is 0 Å². The molecule has 3 nitrogen and oxygen atoms in total. The minimum atomic E-state index is -0.333. The Balaban J connectivity index is 2.41. The summed E-state index contributed by atoms with van der Waals surface area (Å²) in [4.78, 5) is 0. The van der Waals surface area contributed by atoms with Gasteiger partial charge in [0, 0.05) is 24.8 Å². The normalized spacial score (nSPS) is 12.7. The monoisotopic (exact) mass is 261 g/mol. The van der Waals surface area contributed by atoms with Crippen molar-refractivity contribution in [3.8, 4) is 0 Å². The SMILES string of the molecule is COCCOCCC(N)c1cc(F)ccc1Cl. The molecule has 1 rings (SSSR count). The van der Waals surface area contributed by atoms with E-state index in [2.05, 4.69) is 0 Å². The molecule has 0 aromatic heterocycles. The van der Waals surface area contributed by atoms with E-state index in [0.29, 0.717) is 36.8 Å². The van der Waals surface area contributed by atoms with Crippen LogP contribution in [-0.2, 0) is 9.47 Å². The van der Waals surface area contributed by atoms with E-state index in [0.717, 1.165) is 0 Å². The lowest BCUT2D eigenvalue weighted by Crippen LogP contribution is -2.15. The third-order valence-corrected chi connectivity index (χ3v) is 2.71. The first kappa shape index (κ1) is 14.4. The van der Waals surface area contributed by atoms with Crippen LogP contribution in [0, 0.1) is 5.82 Å². The molecule has 2 N–H and O–H groups in total. The largest absolute Gasteiger partial charge is 0.382 e. The van der Waals surface area contributed by atoms with Crippen LogP contribution < -0.4 is 5.73 Å². The van der Waals surface area contributed by atoms with Crippen molar-refractivity contribution >= 4 is 11.6 Å². The predicted octanol–water partition coefficient (Wildman–Crippen LogP) is 2.53. The van der Waals surface area contributed by atoms with E-state index in [4.69, 9.17) is 26.8 Å². The van der Waals surface area contributed by atoms with Gasteiger partial charge in [-0.15, -0.1) is 0 Å². The molecule has 0 saturated heterocycles. The number of nitrogens with two attached hydrogens (primary N) is 1. The Bertz CT molecular complexity index is 349. The van der Waals surface area contributed by atoms with Crippen LogP contribution in [0.15, 0.2) is 18.2 Å². The van der Waals surface area contributed by atoms with E-state index in [1.165, 1.54) is 18.2 Å². The summed E-state index contributed by atoms with van der Waals surface area (Å²) in [6, 6.07) is 3.87. The highest BCUT2D eigenvalue weighted by atomic mass is 35.5. The van der Waals surface area contributed by atoms with Crippen LogP contribution in [-0.4, -0.2) is 26.9 Å². The fourth-order valence-corrected chi connectivity index (χ4v) is 1.67. The Kier molecular flexibility index (Phi) is 6.44. The lowest BCUT2D eigenvalue weighted by Gasteiger charge is -2.13. The highest BCUT2D eigenvalue weighted by Gasteiger charge is 2.11. The van der Waals surface area contributed by atoms with Crippen molar-refractivity contribution in [1.82, 2.24) is 0 Å². The summed E-state index contributed by atoms with van der Waals surface area (Å²) in [5.41, 5.74) is 6.53. The van der Waals surface area contributed by atoms with Gasteiger partial charge in [0.25, 0.3) is 0 Å². The molecule has 96 valence electrons. The maximum atomic E-state index is 13.0. The Morgan fingerprint density at radius 1 is 1.35 bits per heavy atom. The third-order valence-electron chi connectivity index (χ3n) is 2.36.